The quantitative estimate of drug-likeness (QED) is 0.842. The molecule has 25 heavy (non-hydrogen) atoms. The number of piperazine rings is 1. The fourth-order valence-corrected chi connectivity index (χ4v) is 3.07. The van der Waals surface area contributed by atoms with Gasteiger partial charge in [-0.1, -0.05) is 49.7 Å². The Morgan fingerprint density at radius 2 is 1.72 bits per heavy atom. The topological polar surface area (TPSA) is 49.3 Å². The van der Waals surface area contributed by atoms with Crippen LogP contribution in [-0.4, -0.2) is 47.2 Å². The monoisotopic (exact) mass is 358 g/mol. The number of carbonyl (C=O) groups is 1. The lowest BCUT2D eigenvalue weighted by Gasteiger charge is -2.35. The molecule has 2 aromatic rings. The molecule has 1 saturated heterocycles. The van der Waals surface area contributed by atoms with E-state index >= 15 is 0 Å². The zero-order valence-corrected chi connectivity index (χ0v) is 15.4. The summed E-state index contributed by atoms with van der Waals surface area (Å²) >= 11 is 5.77. The molecule has 2 heterocycles. The molecule has 0 atom stereocenters. The third kappa shape index (κ3) is 4.48. The maximum absolute atomic E-state index is 12.5. The van der Waals surface area contributed by atoms with Gasteiger partial charge in [0.2, 0.25) is 5.91 Å². The molecule has 1 aromatic heterocycles. The molecule has 0 aliphatic carbocycles. The number of amides is 1. The number of hydrogen-bond donors (Lipinski definition) is 0. The highest BCUT2D eigenvalue weighted by atomic mass is 35.5. The van der Waals surface area contributed by atoms with E-state index in [2.05, 4.69) is 53.2 Å². The Balaban J connectivity index is 1.53. The van der Waals surface area contributed by atoms with Crippen LogP contribution >= 0.6 is 11.6 Å². The maximum Gasteiger partial charge on any atom is 0.227 e. The standard InChI is InChI=1S/C19H23ClN4O/c1-14(2)16-5-3-15(4-6-16)13-19(25)24-11-9-23(10-12-24)18-8-7-17(20)21-22-18/h3-8,14H,9-13H2,1-2H3. The average molecular weight is 359 g/mol. The van der Waals surface area contributed by atoms with Crippen LogP contribution in [0.4, 0.5) is 5.82 Å². The van der Waals surface area contributed by atoms with Crippen molar-refractivity contribution in [2.24, 2.45) is 0 Å². The summed E-state index contributed by atoms with van der Waals surface area (Å²) in [6, 6.07) is 12.0. The molecule has 1 aromatic carbocycles. The maximum atomic E-state index is 12.5. The largest absolute Gasteiger partial charge is 0.352 e. The second-order valence-electron chi connectivity index (χ2n) is 6.66. The molecular weight excluding hydrogens is 336 g/mol. The highest BCUT2D eigenvalue weighted by molar-refractivity contribution is 6.29. The van der Waals surface area contributed by atoms with Crippen molar-refractivity contribution in [1.82, 2.24) is 15.1 Å². The Morgan fingerprint density at radius 1 is 1.04 bits per heavy atom. The number of anilines is 1. The van der Waals surface area contributed by atoms with Gasteiger partial charge in [-0.15, -0.1) is 10.2 Å². The van der Waals surface area contributed by atoms with E-state index in [9.17, 15) is 4.79 Å². The van der Waals surface area contributed by atoms with Crippen LogP contribution in [0, 0.1) is 0 Å². The van der Waals surface area contributed by atoms with Crippen LogP contribution in [0.3, 0.4) is 0 Å². The summed E-state index contributed by atoms with van der Waals surface area (Å²) in [5.74, 6) is 1.49. The first-order chi connectivity index (χ1) is 12.0. The Bertz CT molecular complexity index is 707. The van der Waals surface area contributed by atoms with E-state index in [4.69, 9.17) is 11.6 Å². The molecule has 0 unspecified atom stereocenters. The summed E-state index contributed by atoms with van der Waals surface area (Å²) in [4.78, 5) is 16.6. The minimum Gasteiger partial charge on any atom is -0.352 e. The van der Waals surface area contributed by atoms with Crippen molar-refractivity contribution < 1.29 is 4.79 Å². The van der Waals surface area contributed by atoms with Gasteiger partial charge in [-0.2, -0.15) is 0 Å². The number of carbonyl (C=O) groups excluding carboxylic acids is 1. The van der Waals surface area contributed by atoms with Crippen molar-refractivity contribution in [3.05, 3.63) is 52.7 Å². The van der Waals surface area contributed by atoms with Gasteiger partial charge in [0.15, 0.2) is 11.0 Å². The predicted molar refractivity (Wildman–Crippen MR) is 100 cm³/mol. The van der Waals surface area contributed by atoms with E-state index < -0.39 is 0 Å². The lowest BCUT2D eigenvalue weighted by molar-refractivity contribution is -0.130. The molecule has 1 amide bonds. The molecule has 1 aliphatic rings. The fraction of sp³-hybridized carbons (Fsp3) is 0.421. The van der Waals surface area contributed by atoms with Crippen LogP contribution in [0.25, 0.3) is 0 Å². The molecule has 0 spiro atoms. The van der Waals surface area contributed by atoms with Crippen LogP contribution in [0.1, 0.15) is 30.9 Å². The van der Waals surface area contributed by atoms with E-state index in [-0.39, 0.29) is 5.91 Å². The van der Waals surface area contributed by atoms with Crippen molar-refractivity contribution >= 4 is 23.3 Å². The first-order valence-electron chi connectivity index (χ1n) is 8.63. The van der Waals surface area contributed by atoms with Gasteiger partial charge in [0.05, 0.1) is 6.42 Å². The number of halogens is 1. The summed E-state index contributed by atoms with van der Waals surface area (Å²) in [5.41, 5.74) is 2.37. The molecule has 3 rings (SSSR count). The van der Waals surface area contributed by atoms with E-state index in [0.29, 0.717) is 30.6 Å². The van der Waals surface area contributed by atoms with Gasteiger partial charge in [-0.25, -0.2) is 0 Å². The molecule has 0 N–H and O–H groups in total. The van der Waals surface area contributed by atoms with Gasteiger partial charge in [-0.05, 0) is 29.2 Å². The van der Waals surface area contributed by atoms with E-state index in [1.165, 1.54) is 5.56 Å². The molecule has 0 saturated carbocycles. The number of nitrogens with zero attached hydrogens (tertiary/aromatic N) is 4. The summed E-state index contributed by atoms with van der Waals surface area (Å²) in [6.07, 6.45) is 0.457. The first-order valence-corrected chi connectivity index (χ1v) is 9.01. The zero-order valence-electron chi connectivity index (χ0n) is 14.7. The normalized spacial score (nSPS) is 14.9. The number of rotatable bonds is 4. The minimum atomic E-state index is 0.180. The Morgan fingerprint density at radius 3 is 2.28 bits per heavy atom. The van der Waals surface area contributed by atoms with Gasteiger partial charge < -0.3 is 9.80 Å². The van der Waals surface area contributed by atoms with Crippen LogP contribution in [-0.2, 0) is 11.2 Å². The highest BCUT2D eigenvalue weighted by Crippen LogP contribution is 2.17. The molecule has 5 nitrogen and oxygen atoms in total. The highest BCUT2D eigenvalue weighted by Gasteiger charge is 2.22. The zero-order chi connectivity index (χ0) is 17.8. The minimum absolute atomic E-state index is 0.180. The van der Waals surface area contributed by atoms with E-state index in [0.717, 1.165) is 24.5 Å². The summed E-state index contributed by atoms with van der Waals surface area (Å²) in [7, 11) is 0. The Labute approximate surface area is 153 Å². The van der Waals surface area contributed by atoms with Crippen LogP contribution in [0.2, 0.25) is 5.15 Å². The molecule has 1 fully saturated rings. The molecule has 1 aliphatic heterocycles. The molecule has 132 valence electrons. The molecule has 0 bridgehead atoms. The fourth-order valence-electron chi connectivity index (χ4n) is 2.97. The van der Waals surface area contributed by atoms with Crippen molar-refractivity contribution in [2.75, 3.05) is 31.1 Å². The van der Waals surface area contributed by atoms with Crippen LogP contribution in [0.15, 0.2) is 36.4 Å². The predicted octanol–water partition coefficient (Wildman–Crippen LogP) is 3.14. The smallest absolute Gasteiger partial charge is 0.227 e. The second-order valence-corrected chi connectivity index (χ2v) is 7.04. The van der Waals surface area contributed by atoms with Crippen LogP contribution < -0.4 is 4.90 Å². The average Bonchev–Trinajstić information content (AvgIpc) is 2.63. The van der Waals surface area contributed by atoms with Gasteiger partial charge in [0, 0.05) is 26.2 Å². The number of aromatic nitrogens is 2. The third-order valence-corrected chi connectivity index (χ3v) is 4.78. The summed E-state index contributed by atoms with van der Waals surface area (Å²) in [6.45, 7) is 7.26. The second kappa shape index (κ2) is 7.83. The van der Waals surface area contributed by atoms with Gasteiger partial charge in [0.25, 0.3) is 0 Å². The third-order valence-electron chi connectivity index (χ3n) is 4.58. The van der Waals surface area contributed by atoms with Gasteiger partial charge in [-0.3, -0.25) is 4.79 Å². The van der Waals surface area contributed by atoms with Crippen molar-refractivity contribution in [2.45, 2.75) is 26.2 Å². The summed E-state index contributed by atoms with van der Waals surface area (Å²) in [5, 5.41) is 8.37. The van der Waals surface area contributed by atoms with E-state index in [1.807, 2.05) is 11.0 Å². The van der Waals surface area contributed by atoms with E-state index in [1.54, 1.807) is 6.07 Å². The van der Waals surface area contributed by atoms with Gasteiger partial charge >= 0.3 is 0 Å². The molecule has 0 radical (unpaired) electrons. The van der Waals surface area contributed by atoms with Gasteiger partial charge in [0.1, 0.15) is 0 Å². The lowest BCUT2D eigenvalue weighted by Crippen LogP contribution is -2.49. The van der Waals surface area contributed by atoms with Crippen molar-refractivity contribution in [3.63, 3.8) is 0 Å². The number of benzene rings is 1. The Kier molecular flexibility index (Phi) is 5.53. The van der Waals surface area contributed by atoms with Crippen molar-refractivity contribution in [1.29, 1.82) is 0 Å². The SMILES string of the molecule is CC(C)c1ccc(CC(=O)N2CCN(c3ccc(Cl)nn3)CC2)cc1. The lowest BCUT2D eigenvalue weighted by atomic mass is 10.0. The Hall–Kier alpha value is -2.14. The first kappa shape index (κ1) is 17.7. The summed E-state index contributed by atoms with van der Waals surface area (Å²) < 4.78 is 0. The molecule has 6 heteroatoms. The van der Waals surface area contributed by atoms with Crippen molar-refractivity contribution in [3.8, 4) is 0 Å². The van der Waals surface area contributed by atoms with Crippen LogP contribution in [0.5, 0.6) is 0 Å². The molecular formula is C19H23ClN4O. The number of hydrogen-bond acceptors (Lipinski definition) is 4.